The van der Waals surface area contributed by atoms with Gasteiger partial charge in [0, 0.05) is 12.4 Å². The Hall–Kier alpha value is -2.30. The molecule has 1 heterocycles. The van der Waals surface area contributed by atoms with Crippen molar-refractivity contribution < 1.29 is 14.3 Å². The largest absolute Gasteiger partial charge is 0.493 e. The molecule has 116 valence electrons. The molecule has 0 bridgehead atoms. The second-order valence-electron chi connectivity index (χ2n) is 5.84. The summed E-state index contributed by atoms with van der Waals surface area (Å²) in [6, 6.07) is 3.94. The van der Waals surface area contributed by atoms with Gasteiger partial charge in [-0.1, -0.05) is 13.8 Å². The third-order valence-electron chi connectivity index (χ3n) is 4.55. The summed E-state index contributed by atoms with van der Waals surface area (Å²) in [5, 5.41) is 0. The van der Waals surface area contributed by atoms with Crippen molar-refractivity contribution >= 4 is 6.09 Å². The number of hydrogen-bond donors (Lipinski definition) is 0. The fraction of sp³-hybridized carbons (Fsp3) is 0.412. The van der Waals surface area contributed by atoms with E-state index in [1.54, 1.807) is 13.3 Å². The number of aromatic nitrogens is 2. The first-order valence-corrected chi connectivity index (χ1v) is 7.51. The lowest BCUT2D eigenvalue weighted by molar-refractivity contribution is 0.200. The van der Waals surface area contributed by atoms with E-state index in [2.05, 4.69) is 18.8 Å². The molecular weight excluding hydrogens is 280 g/mol. The molecule has 0 saturated carbocycles. The van der Waals surface area contributed by atoms with Gasteiger partial charge in [-0.05, 0) is 47.9 Å². The molecule has 1 aliphatic rings. The molecule has 0 saturated heterocycles. The number of methoxy groups -OCH3 is 1. The summed E-state index contributed by atoms with van der Waals surface area (Å²) < 4.78 is 12.2. The Bertz CT molecular complexity index is 679. The number of benzene rings is 1. The Morgan fingerprint density at radius 1 is 1.32 bits per heavy atom. The molecule has 1 aromatic carbocycles. The second kappa shape index (κ2) is 5.83. The molecule has 0 amide bonds. The molecule has 5 nitrogen and oxygen atoms in total. The molecular formula is C17H20N2O3. The van der Waals surface area contributed by atoms with E-state index in [9.17, 15) is 4.79 Å². The van der Waals surface area contributed by atoms with Crippen LogP contribution in [-0.2, 0) is 6.42 Å². The standard InChI is InChI=1S/C17H20N2O3/c1-11-4-5-13-8-16(15(21-3)9-14(13)12(11)2)22-17(20)19-7-6-18-10-19/h6-12H,4-5H2,1-3H3. The summed E-state index contributed by atoms with van der Waals surface area (Å²) in [4.78, 5) is 15.9. The number of aryl methyl sites for hydroxylation is 1. The quantitative estimate of drug-likeness (QED) is 0.850. The number of nitrogens with zero attached hydrogens (tertiary/aromatic N) is 2. The zero-order chi connectivity index (χ0) is 15.7. The molecule has 0 aliphatic heterocycles. The molecule has 0 radical (unpaired) electrons. The highest BCUT2D eigenvalue weighted by molar-refractivity contribution is 5.74. The van der Waals surface area contributed by atoms with Gasteiger partial charge in [0.05, 0.1) is 7.11 Å². The number of hydrogen-bond acceptors (Lipinski definition) is 4. The highest BCUT2D eigenvalue weighted by atomic mass is 16.6. The van der Waals surface area contributed by atoms with Gasteiger partial charge in [-0.2, -0.15) is 0 Å². The summed E-state index contributed by atoms with van der Waals surface area (Å²) in [5.41, 5.74) is 2.53. The van der Waals surface area contributed by atoms with Crippen molar-refractivity contribution in [2.75, 3.05) is 7.11 Å². The predicted octanol–water partition coefficient (Wildman–Crippen LogP) is 3.62. The van der Waals surface area contributed by atoms with Crippen LogP contribution < -0.4 is 9.47 Å². The summed E-state index contributed by atoms with van der Waals surface area (Å²) in [6.07, 6.45) is 6.16. The van der Waals surface area contributed by atoms with Crippen LogP contribution in [0, 0.1) is 5.92 Å². The lowest BCUT2D eigenvalue weighted by Crippen LogP contribution is -2.18. The van der Waals surface area contributed by atoms with Gasteiger partial charge in [0.25, 0.3) is 0 Å². The monoisotopic (exact) mass is 300 g/mol. The van der Waals surface area contributed by atoms with Crippen LogP contribution in [-0.4, -0.2) is 22.8 Å². The Morgan fingerprint density at radius 3 is 2.82 bits per heavy atom. The fourth-order valence-electron chi connectivity index (χ4n) is 2.95. The van der Waals surface area contributed by atoms with Gasteiger partial charge in [0.15, 0.2) is 11.5 Å². The molecule has 0 spiro atoms. The summed E-state index contributed by atoms with van der Waals surface area (Å²) >= 11 is 0. The molecule has 0 fully saturated rings. The Labute approximate surface area is 129 Å². The van der Waals surface area contributed by atoms with E-state index in [4.69, 9.17) is 9.47 Å². The Balaban J connectivity index is 1.93. The van der Waals surface area contributed by atoms with Crippen molar-refractivity contribution in [3.63, 3.8) is 0 Å². The van der Waals surface area contributed by atoms with Crippen molar-refractivity contribution in [3.8, 4) is 11.5 Å². The van der Waals surface area contributed by atoms with E-state index in [0.29, 0.717) is 23.3 Å². The van der Waals surface area contributed by atoms with E-state index in [1.807, 2.05) is 12.1 Å². The van der Waals surface area contributed by atoms with Gasteiger partial charge in [0.1, 0.15) is 6.33 Å². The molecule has 1 aliphatic carbocycles. The number of ether oxygens (including phenoxy) is 2. The molecule has 2 unspecified atom stereocenters. The maximum absolute atomic E-state index is 12.1. The van der Waals surface area contributed by atoms with E-state index >= 15 is 0 Å². The van der Waals surface area contributed by atoms with Crippen molar-refractivity contribution in [3.05, 3.63) is 42.0 Å². The van der Waals surface area contributed by atoms with Gasteiger partial charge >= 0.3 is 6.09 Å². The number of carbonyl (C=O) groups excluding carboxylic acids is 1. The maximum atomic E-state index is 12.1. The topological polar surface area (TPSA) is 53.4 Å². The van der Waals surface area contributed by atoms with Crippen LogP contribution in [0.4, 0.5) is 4.79 Å². The van der Waals surface area contributed by atoms with E-state index < -0.39 is 6.09 Å². The zero-order valence-corrected chi connectivity index (χ0v) is 13.1. The van der Waals surface area contributed by atoms with Crippen LogP contribution in [0.15, 0.2) is 30.9 Å². The molecule has 3 rings (SSSR count). The minimum absolute atomic E-state index is 0.460. The molecule has 0 N–H and O–H groups in total. The first kappa shape index (κ1) is 14.6. The maximum Gasteiger partial charge on any atom is 0.424 e. The van der Waals surface area contributed by atoms with Gasteiger partial charge < -0.3 is 9.47 Å². The number of carbonyl (C=O) groups is 1. The molecule has 2 atom stereocenters. The molecule has 22 heavy (non-hydrogen) atoms. The Morgan fingerprint density at radius 2 is 2.14 bits per heavy atom. The first-order valence-electron chi connectivity index (χ1n) is 7.51. The predicted molar refractivity (Wildman–Crippen MR) is 82.5 cm³/mol. The highest BCUT2D eigenvalue weighted by Crippen LogP contribution is 2.41. The fourth-order valence-corrected chi connectivity index (χ4v) is 2.95. The smallest absolute Gasteiger partial charge is 0.424 e. The Kier molecular flexibility index (Phi) is 3.88. The minimum Gasteiger partial charge on any atom is -0.493 e. The molecule has 2 aromatic rings. The summed E-state index contributed by atoms with van der Waals surface area (Å²) in [7, 11) is 1.59. The minimum atomic E-state index is -0.493. The van der Waals surface area contributed by atoms with Gasteiger partial charge in [-0.3, -0.25) is 0 Å². The van der Waals surface area contributed by atoms with Crippen LogP contribution >= 0.6 is 0 Å². The third-order valence-corrected chi connectivity index (χ3v) is 4.55. The third kappa shape index (κ3) is 2.58. The average Bonchev–Trinajstić information content (AvgIpc) is 3.05. The van der Waals surface area contributed by atoms with Crippen LogP contribution in [0.3, 0.4) is 0 Å². The number of rotatable bonds is 2. The zero-order valence-electron chi connectivity index (χ0n) is 13.1. The van der Waals surface area contributed by atoms with Crippen LogP contribution in [0.1, 0.15) is 37.3 Å². The van der Waals surface area contributed by atoms with Gasteiger partial charge in [-0.25, -0.2) is 14.3 Å². The highest BCUT2D eigenvalue weighted by Gasteiger charge is 2.25. The van der Waals surface area contributed by atoms with Crippen LogP contribution in [0.2, 0.25) is 0 Å². The average molecular weight is 300 g/mol. The van der Waals surface area contributed by atoms with Gasteiger partial charge in [0.2, 0.25) is 0 Å². The number of imidazole rings is 1. The number of fused-ring (bicyclic) bond motifs is 1. The second-order valence-corrected chi connectivity index (χ2v) is 5.84. The summed E-state index contributed by atoms with van der Waals surface area (Å²) in [6.45, 7) is 4.51. The van der Waals surface area contributed by atoms with Crippen molar-refractivity contribution in [2.45, 2.75) is 32.6 Å². The molecule has 5 heteroatoms. The molecule has 1 aromatic heterocycles. The van der Waals surface area contributed by atoms with Crippen molar-refractivity contribution in [1.82, 2.24) is 9.55 Å². The lowest BCUT2D eigenvalue weighted by atomic mass is 9.77. The first-order chi connectivity index (χ1) is 10.6. The normalized spacial score (nSPS) is 20.3. The van der Waals surface area contributed by atoms with Crippen LogP contribution in [0.5, 0.6) is 11.5 Å². The van der Waals surface area contributed by atoms with E-state index in [-0.39, 0.29) is 0 Å². The van der Waals surface area contributed by atoms with E-state index in [1.165, 1.54) is 28.2 Å². The SMILES string of the molecule is COc1cc2c(cc1OC(=O)n1ccnc1)CCC(C)C2C. The van der Waals surface area contributed by atoms with Crippen molar-refractivity contribution in [2.24, 2.45) is 5.92 Å². The van der Waals surface area contributed by atoms with Crippen LogP contribution in [0.25, 0.3) is 0 Å². The van der Waals surface area contributed by atoms with E-state index in [0.717, 1.165) is 12.8 Å². The van der Waals surface area contributed by atoms with Crippen molar-refractivity contribution in [1.29, 1.82) is 0 Å². The summed E-state index contributed by atoms with van der Waals surface area (Å²) in [5.74, 6) is 2.18. The van der Waals surface area contributed by atoms with Gasteiger partial charge in [-0.15, -0.1) is 0 Å². The lowest BCUT2D eigenvalue weighted by Gasteiger charge is -2.29.